The molecule has 0 aliphatic heterocycles. The maximum atomic E-state index is 13.7. The predicted octanol–water partition coefficient (Wildman–Crippen LogP) is 4.43. The third-order valence-corrected chi connectivity index (χ3v) is 6.31. The molecule has 5 nitrogen and oxygen atoms in total. The number of aromatic nitrogens is 2. The number of thioether (sulfide) groups is 1. The van der Waals surface area contributed by atoms with Crippen LogP contribution < -0.4 is 10.6 Å². The third-order valence-electron chi connectivity index (χ3n) is 3.36. The van der Waals surface area contributed by atoms with Crippen LogP contribution in [0.4, 0.5) is 15.2 Å². The number of carbonyl (C=O) groups excluding carboxylic acids is 1. The van der Waals surface area contributed by atoms with Gasteiger partial charge in [0.25, 0.3) is 0 Å². The molecule has 0 fully saturated rings. The van der Waals surface area contributed by atoms with Crippen LogP contribution in [0.5, 0.6) is 0 Å². The van der Waals surface area contributed by atoms with Crippen LogP contribution in [0.1, 0.15) is 10.4 Å². The van der Waals surface area contributed by atoms with E-state index in [-0.39, 0.29) is 17.3 Å². The van der Waals surface area contributed by atoms with Gasteiger partial charge in [0.05, 0.1) is 11.4 Å². The molecule has 0 bridgehead atoms. The topological polar surface area (TPSA) is 66.9 Å². The molecule has 0 saturated carbocycles. The SMILES string of the molecule is Cc1ccc(NC(=O)CSc2nnc(NCCc3cccs3)s2)c(F)c1. The van der Waals surface area contributed by atoms with E-state index in [2.05, 4.69) is 32.3 Å². The Morgan fingerprint density at radius 2 is 2.19 bits per heavy atom. The second-order valence-electron chi connectivity index (χ2n) is 5.45. The van der Waals surface area contributed by atoms with E-state index in [0.717, 1.165) is 23.7 Å². The molecule has 9 heteroatoms. The predicted molar refractivity (Wildman–Crippen MR) is 107 cm³/mol. The lowest BCUT2D eigenvalue weighted by Crippen LogP contribution is -2.15. The van der Waals surface area contributed by atoms with Crippen LogP contribution in [0, 0.1) is 12.7 Å². The van der Waals surface area contributed by atoms with Crippen molar-refractivity contribution in [3.05, 3.63) is 52.0 Å². The molecule has 3 rings (SSSR count). The summed E-state index contributed by atoms with van der Waals surface area (Å²) in [5, 5.41) is 16.7. The Kier molecular flexibility index (Phi) is 6.59. The number of hydrogen-bond acceptors (Lipinski definition) is 7. The van der Waals surface area contributed by atoms with Crippen LogP contribution in [0.25, 0.3) is 0 Å². The van der Waals surface area contributed by atoms with E-state index in [9.17, 15) is 9.18 Å². The zero-order valence-electron chi connectivity index (χ0n) is 14.0. The van der Waals surface area contributed by atoms with Gasteiger partial charge in [-0.25, -0.2) is 4.39 Å². The molecule has 136 valence electrons. The van der Waals surface area contributed by atoms with Gasteiger partial charge in [0.1, 0.15) is 5.82 Å². The van der Waals surface area contributed by atoms with Crippen molar-refractivity contribution in [1.29, 1.82) is 0 Å². The van der Waals surface area contributed by atoms with Gasteiger partial charge >= 0.3 is 0 Å². The smallest absolute Gasteiger partial charge is 0.234 e. The van der Waals surface area contributed by atoms with Crippen LogP contribution in [-0.2, 0) is 11.2 Å². The van der Waals surface area contributed by atoms with Crippen LogP contribution in [0.15, 0.2) is 40.1 Å². The van der Waals surface area contributed by atoms with Gasteiger partial charge in [-0.05, 0) is 42.5 Å². The van der Waals surface area contributed by atoms with Crippen molar-refractivity contribution < 1.29 is 9.18 Å². The van der Waals surface area contributed by atoms with E-state index >= 15 is 0 Å². The fourth-order valence-electron chi connectivity index (χ4n) is 2.12. The Bertz CT molecular complexity index is 867. The maximum Gasteiger partial charge on any atom is 0.234 e. The first-order valence-corrected chi connectivity index (χ1v) is 10.6. The normalized spacial score (nSPS) is 10.7. The number of amides is 1. The molecule has 2 heterocycles. The lowest BCUT2D eigenvalue weighted by atomic mass is 10.2. The zero-order valence-corrected chi connectivity index (χ0v) is 16.4. The molecule has 0 atom stereocenters. The number of rotatable bonds is 8. The Morgan fingerprint density at radius 3 is 2.96 bits per heavy atom. The van der Waals surface area contributed by atoms with Crippen molar-refractivity contribution >= 4 is 51.2 Å². The van der Waals surface area contributed by atoms with Crippen LogP contribution >= 0.6 is 34.4 Å². The lowest BCUT2D eigenvalue weighted by molar-refractivity contribution is -0.113. The van der Waals surface area contributed by atoms with Crippen molar-refractivity contribution in [2.24, 2.45) is 0 Å². The highest BCUT2D eigenvalue weighted by Gasteiger charge is 2.10. The van der Waals surface area contributed by atoms with Gasteiger partial charge in [-0.15, -0.1) is 21.5 Å². The summed E-state index contributed by atoms with van der Waals surface area (Å²) in [6.45, 7) is 2.58. The molecule has 0 spiro atoms. The summed E-state index contributed by atoms with van der Waals surface area (Å²) >= 11 is 4.41. The minimum atomic E-state index is -0.434. The molecule has 3 aromatic rings. The number of thiophene rings is 1. The maximum absolute atomic E-state index is 13.7. The molecule has 1 aromatic carbocycles. The van der Waals surface area contributed by atoms with Gasteiger partial charge in [0.15, 0.2) is 4.34 Å². The minimum absolute atomic E-state index is 0.150. The van der Waals surface area contributed by atoms with Gasteiger partial charge in [0, 0.05) is 11.4 Å². The van der Waals surface area contributed by atoms with Crippen molar-refractivity contribution in [1.82, 2.24) is 10.2 Å². The minimum Gasteiger partial charge on any atom is -0.360 e. The molecule has 2 aromatic heterocycles. The van der Waals surface area contributed by atoms with Gasteiger partial charge in [-0.3, -0.25) is 4.79 Å². The lowest BCUT2D eigenvalue weighted by Gasteiger charge is -2.06. The molecule has 26 heavy (non-hydrogen) atoms. The first-order chi connectivity index (χ1) is 12.6. The highest BCUT2D eigenvalue weighted by molar-refractivity contribution is 8.01. The number of halogens is 1. The Morgan fingerprint density at radius 1 is 1.31 bits per heavy atom. The van der Waals surface area contributed by atoms with Crippen molar-refractivity contribution in [3.63, 3.8) is 0 Å². The van der Waals surface area contributed by atoms with E-state index < -0.39 is 5.82 Å². The third kappa shape index (κ3) is 5.52. The van der Waals surface area contributed by atoms with E-state index in [1.807, 2.05) is 6.07 Å². The number of benzene rings is 1. The van der Waals surface area contributed by atoms with E-state index in [4.69, 9.17) is 0 Å². The molecule has 0 saturated heterocycles. The molecular formula is C17H17FN4OS3. The van der Waals surface area contributed by atoms with Gasteiger partial charge in [0.2, 0.25) is 11.0 Å². The van der Waals surface area contributed by atoms with Crippen LogP contribution in [-0.4, -0.2) is 28.4 Å². The summed E-state index contributed by atoms with van der Waals surface area (Å²) < 4.78 is 14.4. The molecule has 1 amide bonds. The average Bonchev–Trinajstić information content (AvgIpc) is 3.28. The fourth-order valence-corrected chi connectivity index (χ4v) is 4.41. The monoisotopic (exact) mass is 408 g/mol. The summed E-state index contributed by atoms with van der Waals surface area (Å²) in [4.78, 5) is 13.3. The average molecular weight is 409 g/mol. The standard InChI is InChI=1S/C17H17FN4OS3/c1-11-4-5-14(13(18)9-11)20-15(23)10-25-17-22-21-16(26-17)19-7-6-12-3-2-8-24-12/h2-5,8-9H,6-7,10H2,1H3,(H,19,21)(H,20,23). The van der Waals surface area contributed by atoms with E-state index in [1.165, 1.54) is 34.0 Å². The highest BCUT2D eigenvalue weighted by atomic mass is 32.2. The molecule has 0 aliphatic carbocycles. The molecular weight excluding hydrogens is 391 g/mol. The summed E-state index contributed by atoms with van der Waals surface area (Å²) in [5.74, 6) is -0.561. The molecule has 0 aliphatic rings. The number of aryl methyl sites for hydroxylation is 1. The number of nitrogens with one attached hydrogen (secondary N) is 2. The number of anilines is 2. The molecule has 2 N–H and O–H groups in total. The largest absolute Gasteiger partial charge is 0.360 e. The van der Waals surface area contributed by atoms with Gasteiger partial charge < -0.3 is 10.6 Å². The first-order valence-electron chi connectivity index (χ1n) is 7.89. The summed E-state index contributed by atoms with van der Waals surface area (Å²) in [6.07, 6.45) is 0.935. The van der Waals surface area contributed by atoms with Gasteiger partial charge in [-0.1, -0.05) is 35.2 Å². The number of nitrogens with zero attached hydrogens (tertiary/aromatic N) is 2. The Hall–Kier alpha value is -1.97. The Labute approximate surface area is 163 Å². The van der Waals surface area contributed by atoms with E-state index in [0.29, 0.717) is 4.34 Å². The van der Waals surface area contributed by atoms with Crippen LogP contribution in [0.2, 0.25) is 0 Å². The Balaban J connectivity index is 1.43. The summed E-state index contributed by atoms with van der Waals surface area (Å²) in [5.41, 5.74) is 0.997. The number of hydrogen-bond donors (Lipinski definition) is 2. The van der Waals surface area contributed by atoms with E-state index in [1.54, 1.807) is 30.4 Å². The van der Waals surface area contributed by atoms with Crippen molar-refractivity contribution in [2.45, 2.75) is 17.7 Å². The van der Waals surface area contributed by atoms with Crippen molar-refractivity contribution in [3.8, 4) is 0 Å². The van der Waals surface area contributed by atoms with Crippen molar-refractivity contribution in [2.75, 3.05) is 22.9 Å². The second kappa shape index (κ2) is 9.11. The second-order valence-corrected chi connectivity index (χ2v) is 8.68. The summed E-state index contributed by atoms with van der Waals surface area (Å²) in [7, 11) is 0. The first kappa shape index (κ1) is 18.8. The van der Waals surface area contributed by atoms with Crippen LogP contribution in [0.3, 0.4) is 0 Å². The molecule has 0 unspecified atom stereocenters. The number of carbonyl (C=O) groups is 1. The zero-order chi connectivity index (χ0) is 18.4. The summed E-state index contributed by atoms with van der Waals surface area (Å²) in [6, 6.07) is 8.84. The quantitative estimate of drug-likeness (QED) is 0.540. The highest BCUT2D eigenvalue weighted by Crippen LogP contribution is 2.26. The molecule has 0 radical (unpaired) electrons. The van der Waals surface area contributed by atoms with Gasteiger partial charge in [-0.2, -0.15) is 0 Å². The fraction of sp³-hybridized carbons (Fsp3) is 0.235.